The third kappa shape index (κ3) is 4.97. The average molecular weight is 677 g/mol. The zero-order valence-corrected chi connectivity index (χ0v) is 29.7. The summed E-state index contributed by atoms with van der Waals surface area (Å²) in [6.07, 6.45) is 10.4. The first-order chi connectivity index (χ1) is 21.7. The Morgan fingerprint density at radius 2 is 1.60 bits per heavy atom. The van der Waals surface area contributed by atoms with Crippen molar-refractivity contribution in [1.29, 1.82) is 0 Å². The number of carbonyl (C=O) groups is 1. The Labute approximate surface area is 278 Å². The van der Waals surface area contributed by atoms with Crippen LogP contribution < -0.4 is 0 Å². The van der Waals surface area contributed by atoms with E-state index in [1.807, 2.05) is 44.2 Å². The second-order valence-electron chi connectivity index (χ2n) is 16.8. The lowest BCUT2D eigenvalue weighted by Gasteiger charge is -2.70. The first-order valence-electron chi connectivity index (χ1n) is 17.4. The predicted molar refractivity (Wildman–Crippen MR) is 175 cm³/mol. The van der Waals surface area contributed by atoms with Gasteiger partial charge in [0, 0.05) is 5.41 Å². The molecule has 0 N–H and O–H groups in total. The van der Waals surface area contributed by atoms with Crippen LogP contribution in [-0.2, 0) is 30.4 Å². The number of hydrogen-bond acceptors (Lipinski definition) is 5. The molecule has 0 heterocycles. The van der Waals surface area contributed by atoms with Gasteiger partial charge in [-0.3, -0.25) is 4.79 Å². The quantitative estimate of drug-likeness (QED) is 0.134. The smallest absolute Gasteiger partial charge is 0.460 e. The van der Waals surface area contributed by atoms with Crippen LogP contribution in [-0.4, -0.2) is 19.9 Å². The molecule has 3 saturated carbocycles. The second kappa shape index (κ2) is 11.1. The van der Waals surface area contributed by atoms with Gasteiger partial charge in [0.1, 0.15) is 12.4 Å². The van der Waals surface area contributed by atoms with Crippen molar-refractivity contribution in [3.63, 3.8) is 0 Å². The molecular weight excluding hydrogens is 625 g/mol. The number of allylic oxidation sites excluding steroid dienone is 4. The van der Waals surface area contributed by atoms with Gasteiger partial charge in [0.05, 0.1) is 5.41 Å². The average Bonchev–Trinajstić information content (AvgIpc) is 2.99. The molecule has 6 rings (SSSR count). The van der Waals surface area contributed by atoms with Crippen molar-refractivity contribution in [3.8, 4) is 0 Å². The lowest BCUT2D eigenvalue weighted by atomic mass is 9.34. The molecule has 1 unspecified atom stereocenters. The van der Waals surface area contributed by atoms with E-state index in [0.717, 1.165) is 50.5 Å². The number of hydrogen-bond donors (Lipinski definition) is 0. The zero-order chi connectivity index (χ0) is 34.4. The highest BCUT2D eigenvalue weighted by atomic mass is 32.2. The Hall–Kier alpha value is -2.29. The van der Waals surface area contributed by atoms with E-state index in [9.17, 15) is 26.4 Å². The van der Waals surface area contributed by atoms with Crippen LogP contribution in [0.3, 0.4) is 0 Å². The molecule has 3 fully saturated rings. The molecule has 5 aliphatic carbocycles. The maximum Gasteiger partial charge on any atom is 0.534 e. The van der Waals surface area contributed by atoms with Crippen LogP contribution in [0.1, 0.15) is 105 Å². The molecule has 260 valence electrons. The molecule has 5 nitrogen and oxygen atoms in total. The van der Waals surface area contributed by atoms with Crippen LogP contribution in [0.4, 0.5) is 13.2 Å². The predicted octanol–water partition coefficient (Wildman–Crippen LogP) is 9.75. The van der Waals surface area contributed by atoms with Gasteiger partial charge in [-0.25, -0.2) is 0 Å². The second-order valence-corrected chi connectivity index (χ2v) is 18.4. The van der Waals surface area contributed by atoms with Crippen molar-refractivity contribution >= 4 is 16.1 Å². The summed E-state index contributed by atoms with van der Waals surface area (Å²) in [6.45, 7) is 15.7. The van der Waals surface area contributed by atoms with Crippen LogP contribution in [0.5, 0.6) is 0 Å². The van der Waals surface area contributed by atoms with Gasteiger partial charge in [0.25, 0.3) is 0 Å². The number of rotatable bonds is 5. The molecule has 9 heteroatoms. The van der Waals surface area contributed by atoms with Gasteiger partial charge in [0.15, 0.2) is 0 Å². The van der Waals surface area contributed by atoms with E-state index in [4.69, 9.17) is 8.92 Å². The van der Waals surface area contributed by atoms with Gasteiger partial charge in [-0.1, -0.05) is 90.4 Å². The summed E-state index contributed by atoms with van der Waals surface area (Å²) in [5, 5.41) is 0. The van der Waals surface area contributed by atoms with Crippen LogP contribution in [0.2, 0.25) is 0 Å². The number of halogens is 3. The number of ether oxygens (including phenoxy) is 1. The van der Waals surface area contributed by atoms with Crippen molar-refractivity contribution in [2.75, 3.05) is 0 Å². The summed E-state index contributed by atoms with van der Waals surface area (Å²) in [5.74, 6) is 0.890. The van der Waals surface area contributed by atoms with Crippen LogP contribution >= 0.6 is 0 Å². The largest absolute Gasteiger partial charge is 0.534 e. The Morgan fingerprint density at radius 3 is 2.26 bits per heavy atom. The van der Waals surface area contributed by atoms with E-state index in [-0.39, 0.29) is 52.3 Å². The van der Waals surface area contributed by atoms with Gasteiger partial charge in [-0.2, -0.15) is 21.6 Å². The molecule has 0 saturated heterocycles. The van der Waals surface area contributed by atoms with E-state index in [1.54, 1.807) is 6.08 Å². The number of esters is 1. The monoisotopic (exact) mass is 676 g/mol. The first kappa shape index (κ1) is 34.6. The van der Waals surface area contributed by atoms with Gasteiger partial charge >= 0.3 is 21.6 Å². The fourth-order valence-corrected chi connectivity index (χ4v) is 12.2. The summed E-state index contributed by atoms with van der Waals surface area (Å²) in [6, 6.07) is 9.85. The van der Waals surface area contributed by atoms with E-state index >= 15 is 0 Å². The minimum absolute atomic E-state index is 0.0562. The summed E-state index contributed by atoms with van der Waals surface area (Å²) in [5.41, 5.74) is -5.07. The standard InChI is InChI=1S/C38H51F3O5S/c1-24-15-20-37(32(42)45-23-26-11-9-8-10-12-26)22-21-35(6)27(31(37)25(24)2)13-14-29-34(5)18-17-30(46-47(43,44)38(39,40)41)33(3,4)28(34)16-19-36(29,35)7/h8-13,17,24-25,28-29,31H,14-16,18-23H2,1-7H3/t24-,25+,28+,29-,31?,34+,35-,36-,37+/m1/s1. The third-order valence-electron chi connectivity index (χ3n) is 14.6. The molecule has 0 aliphatic heterocycles. The Balaban J connectivity index is 1.35. The Bertz CT molecular complexity index is 1580. The highest BCUT2D eigenvalue weighted by molar-refractivity contribution is 7.87. The van der Waals surface area contributed by atoms with Gasteiger partial charge in [0.2, 0.25) is 0 Å². The van der Waals surface area contributed by atoms with Gasteiger partial charge in [-0.15, -0.1) is 0 Å². The highest BCUT2D eigenvalue weighted by Crippen LogP contribution is 2.76. The van der Waals surface area contributed by atoms with Crippen molar-refractivity contribution in [2.24, 2.45) is 56.7 Å². The van der Waals surface area contributed by atoms with Crippen molar-refractivity contribution in [3.05, 3.63) is 59.4 Å². The maximum absolute atomic E-state index is 14.2. The molecule has 1 aromatic rings. The highest BCUT2D eigenvalue weighted by Gasteiger charge is 2.69. The number of benzene rings is 1. The molecule has 5 aliphatic rings. The normalized spacial score (nSPS) is 41.2. The van der Waals surface area contributed by atoms with Crippen LogP contribution in [0.25, 0.3) is 0 Å². The number of alkyl halides is 3. The lowest BCUT2D eigenvalue weighted by molar-refractivity contribution is -0.186. The fraction of sp³-hybridized carbons (Fsp3) is 0.711. The first-order valence-corrected chi connectivity index (χ1v) is 18.8. The summed E-state index contributed by atoms with van der Waals surface area (Å²) < 4.78 is 75.0. The maximum atomic E-state index is 14.2. The molecule has 0 spiro atoms. The van der Waals surface area contributed by atoms with Crippen LogP contribution in [0, 0.1) is 56.7 Å². The topological polar surface area (TPSA) is 69.7 Å². The molecular formula is C38H51F3O5S. The summed E-state index contributed by atoms with van der Waals surface area (Å²) in [7, 11) is -5.76. The van der Waals surface area contributed by atoms with E-state index < -0.39 is 26.5 Å². The van der Waals surface area contributed by atoms with Crippen molar-refractivity contribution in [1.82, 2.24) is 0 Å². The number of carbonyl (C=O) groups excluding carboxylic acids is 1. The molecule has 0 amide bonds. The fourth-order valence-electron chi connectivity index (χ4n) is 11.6. The molecule has 47 heavy (non-hydrogen) atoms. The lowest BCUT2D eigenvalue weighted by Crippen LogP contribution is -2.64. The molecule has 0 bridgehead atoms. The Morgan fingerprint density at radius 1 is 0.915 bits per heavy atom. The minimum Gasteiger partial charge on any atom is -0.460 e. The molecule has 9 atom stereocenters. The third-order valence-corrected chi connectivity index (χ3v) is 15.6. The van der Waals surface area contributed by atoms with Crippen molar-refractivity contribution < 1.29 is 35.3 Å². The molecule has 0 radical (unpaired) electrons. The minimum atomic E-state index is -5.76. The summed E-state index contributed by atoms with van der Waals surface area (Å²) in [4.78, 5) is 14.2. The van der Waals surface area contributed by atoms with Gasteiger partial charge < -0.3 is 8.92 Å². The van der Waals surface area contributed by atoms with Crippen molar-refractivity contribution in [2.45, 2.75) is 112 Å². The Kier molecular flexibility index (Phi) is 8.17. The number of fused-ring (bicyclic) bond motifs is 7. The van der Waals surface area contributed by atoms with Gasteiger partial charge in [-0.05, 0) is 109 Å². The summed E-state index contributed by atoms with van der Waals surface area (Å²) >= 11 is 0. The SMILES string of the molecule is C[C@@H]1CC[C@]2(C(=O)OCc3ccccc3)CC[C@]3(C)C(=CC[C@@H]4[C@@]5(C)CC=C(OS(=O)(=O)C(F)(F)F)C(C)(C)[C@@H]5CC[C@]43C)C2[C@H]1C. The molecule has 1 aromatic carbocycles. The van der Waals surface area contributed by atoms with E-state index in [1.165, 1.54) is 5.57 Å². The molecule has 0 aromatic heterocycles. The van der Waals surface area contributed by atoms with E-state index in [2.05, 4.69) is 40.7 Å². The zero-order valence-electron chi connectivity index (χ0n) is 28.9. The van der Waals surface area contributed by atoms with E-state index in [0.29, 0.717) is 18.3 Å². The van der Waals surface area contributed by atoms with Crippen LogP contribution in [0.15, 0.2) is 53.8 Å².